The van der Waals surface area contributed by atoms with E-state index in [1.165, 1.54) is 69.4 Å². The van der Waals surface area contributed by atoms with Crippen LogP contribution in [0.1, 0.15) is 37.7 Å². The van der Waals surface area contributed by atoms with E-state index in [1.807, 2.05) is 6.07 Å². The molecule has 3 heteroatoms. The summed E-state index contributed by atoms with van der Waals surface area (Å²) in [4.78, 5) is 5.12. The molecule has 0 radical (unpaired) electrons. The molecule has 2 aliphatic rings. The summed E-state index contributed by atoms with van der Waals surface area (Å²) >= 11 is 0. The Kier molecular flexibility index (Phi) is 4.16. The van der Waals surface area contributed by atoms with E-state index in [2.05, 4.69) is 29.0 Å². The SMILES string of the molecule is CN1CCCCC1CCN1CCCc2cc(N)ccc21. The van der Waals surface area contributed by atoms with Gasteiger partial charge in [0, 0.05) is 30.5 Å². The third-order valence-electron chi connectivity index (χ3n) is 4.97. The Labute approximate surface area is 122 Å². The van der Waals surface area contributed by atoms with Crippen molar-refractivity contribution in [3.05, 3.63) is 23.8 Å². The average Bonchev–Trinajstić information content (AvgIpc) is 2.46. The highest BCUT2D eigenvalue weighted by atomic mass is 15.2. The van der Waals surface area contributed by atoms with Gasteiger partial charge < -0.3 is 15.5 Å². The molecular formula is C17H27N3. The second-order valence-electron chi connectivity index (χ2n) is 6.40. The summed E-state index contributed by atoms with van der Waals surface area (Å²) < 4.78 is 0. The first-order chi connectivity index (χ1) is 9.74. The molecule has 0 aromatic heterocycles. The van der Waals surface area contributed by atoms with Crippen LogP contribution in [0.15, 0.2) is 18.2 Å². The average molecular weight is 273 g/mol. The predicted molar refractivity (Wildman–Crippen MR) is 86.3 cm³/mol. The smallest absolute Gasteiger partial charge is 0.0400 e. The van der Waals surface area contributed by atoms with Gasteiger partial charge in [0.25, 0.3) is 0 Å². The van der Waals surface area contributed by atoms with E-state index in [0.29, 0.717) is 0 Å². The Morgan fingerprint density at radius 3 is 2.95 bits per heavy atom. The summed E-state index contributed by atoms with van der Waals surface area (Å²) in [7, 11) is 2.29. The second-order valence-corrected chi connectivity index (χ2v) is 6.40. The van der Waals surface area contributed by atoms with Gasteiger partial charge in [-0.15, -0.1) is 0 Å². The number of fused-ring (bicyclic) bond motifs is 1. The molecule has 0 saturated carbocycles. The van der Waals surface area contributed by atoms with Crippen molar-refractivity contribution < 1.29 is 0 Å². The van der Waals surface area contributed by atoms with Crippen LogP contribution in [0.2, 0.25) is 0 Å². The van der Waals surface area contributed by atoms with Crippen molar-refractivity contribution in [2.45, 2.75) is 44.6 Å². The molecule has 110 valence electrons. The van der Waals surface area contributed by atoms with Gasteiger partial charge in [-0.2, -0.15) is 0 Å². The second kappa shape index (κ2) is 6.04. The Balaban J connectivity index is 1.64. The van der Waals surface area contributed by atoms with E-state index in [0.717, 1.165) is 11.7 Å². The topological polar surface area (TPSA) is 32.5 Å². The molecule has 2 aliphatic heterocycles. The van der Waals surface area contributed by atoms with Crippen LogP contribution in [0, 0.1) is 0 Å². The van der Waals surface area contributed by atoms with Crippen LogP contribution >= 0.6 is 0 Å². The van der Waals surface area contributed by atoms with Gasteiger partial charge in [-0.05, 0) is 69.5 Å². The fourth-order valence-corrected chi connectivity index (χ4v) is 3.74. The third-order valence-corrected chi connectivity index (χ3v) is 4.97. The van der Waals surface area contributed by atoms with Gasteiger partial charge in [-0.3, -0.25) is 0 Å². The fraction of sp³-hybridized carbons (Fsp3) is 0.647. The largest absolute Gasteiger partial charge is 0.399 e. The number of hydrogen-bond acceptors (Lipinski definition) is 3. The van der Waals surface area contributed by atoms with Gasteiger partial charge in [0.2, 0.25) is 0 Å². The summed E-state index contributed by atoms with van der Waals surface area (Å²) in [5.74, 6) is 0. The maximum atomic E-state index is 5.91. The van der Waals surface area contributed by atoms with Gasteiger partial charge in [-0.25, -0.2) is 0 Å². The molecule has 2 N–H and O–H groups in total. The zero-order valence-electron chi connectivity index (χ0n) is 12.6. The van der Waals surface area contributed by atoms with Crippen LogP contribution in [-0.2, 0) is 6.42 Å². The molecule has 0 spiro atoms. The first-order valence-electron chi connectivity index (χ1n) is 8.07. The van der Waals surface area contributed by atoms with Crippen molar-refractivity contribution in [1.29, 1.82) is 0 Å². The third kappa shape index (κ3) is 2.93. The molecule has 0 amide bonds. The minimum Gasteiger partial charge on any atom is -0.399 e. The number of aryl methyl sites for hydroxylation is 1. The summed E-state index contributed by atoms with van der Waals surface area (Å²) in [6.45, 7) is 3.66. The quantitative estimate of drug-likeness (QED) is 0.860. The van der Waals surface area contributed by atoms with Gasteiger partial charge in [-0.1, -0.05) is 6.42 Å². The molecule has 1 unspecified atom stereocenters. The van der Waals surface area contributed by atoms with E-state index in [4.69, 9.17) is 5.73 Å². The maximum Gasteiger partial charge on any atom is 0.0400 e. The summed E-state index contributed by atoms with van der Waals surface area (Å²) in [5, 5.41) is 0. The van der Waals surface area contributed by atoms with E-state index < -0.39 is 0 Å². The molecule has 3 rings (SSSR count). The van der Waals surface area contributed by atoms with Crippen molar-refractivity contribution >= 4 is 11.4 Å². The summed E-state index contributed by atoms with van der Waals surface area (Å²) in [6.07, 6.45) is 7.89. The predicted octanol–water partition coefficient (Wildman–Crippen LogP) is 2.90. The molecule has 1 aromatic rings. The molecule has 1 aromatic carbocycles. The fourth-order valence-electron chi connectivity index (χ4n) is 3.74. The molecule has 1 atom stereocenters. The molecule has 0 bridgehead atoms. The van der Waals surface area contributed by atoms with Gasteiger partial charge in [0.05, 0.1) is 0 Å². The van der Waals surface area contributed by atoms with Crippen molar-refractivity contribution in [3.8, 4) is 0 Å². The van der Waals surface area contributed by atoms with Crippen molar-refractivity contribution in [3.63, 3.8) is 0 Å². The minimum absolute atomic E-state index is 0.780. The number of nitrogens with zero attached hydrogens (tertiary/aromatic N) is 2. The number of rotatable bonds is 3. The Morgan fingerprint density at radius 2 is 2.10 bits per heavy atom. The lowest BCUT2D eigenvalue weighted by atomic mass is 9.97. The minimum atomic E-state index is 0.780. The van der Waals surface area contributed by atoms with Crippen LogP contribution in [-0.4, -0.2) is 37.6 Å². The lowest BCUT2D eigenvalue weighted by molar-refractivity contribution is 0.177. The Bertz CT molecular complexity index is 458. The van der Waals surface area contributed by atoms with E-state index in [1.54, 1.807) is 0 Å². The van der Waals surface area contributed by atoms with Crippen LogP contribution in [0.25, 0.3) is 0 Å². The summed E-state index contributed by atoms with van der Waals surface area (Å²) in [5.41, 5.74) is 9.67. The number of anilines is 2. The van der Waals surface area contributed by atoms with Crippen molar-refractivity contribution in [2.75, 3.05) is 37.3 Å². The monoisotopic (exact) mass is 273 g/mol. The van der Waals surface area contributed by atoms with Gasteiger partial charge in [0.15, 0.2) is 0 Å². The first kappa shape index (κ1) is 13.7. The van der Waals surface area contributed by atoms with Crippen molar-refractivity contribution in [2.24, 2.45) is 0 Å². The van der Waals surface area contributed by atoms with Crippen LogP contribution in [0.4, 0.5) is 11.4 Å². The standard InChI is InChI=1S/C17H27N3/c1-19-10-3-2-6-16(19)9-12-20-11-4-5-14-13-15(18)7-8-17(14)20/h7-8,13,16H,2-6,9-12,18H2,1H3. The number of nitrogen functional groups attached to an aromatic ring is 1. The highest BCUT2D eigenvalue weighted by Crippen LogP contribution is 2.29. The number of nitrogens with two attached hydrogens (primary N) is 1. The van der Waals surface area contributed by atoms with Gasteiger partial charge in [0.1, 0.15) is 0 Å². The Hall–Kier alpha value is -1.22. The normalized spacial score (nSPS) is 23.6. The van der Waals surface area contributed by atoms with E-state index >= 15 is 0 Å². The number of likely N-dealkylation sites (tertiary alicyclic amines) is 1. The van der Waals surface area contributed by atoms with Crippen molar-refractivity contribution in [1.82, 2.24) is 4.90 Å². The van der Waals surface area contributed by atoms with Crippen LogP contribution < -0.4 is 10.6 Å². The highest BCUT2D eigenvalue weighted by Gasteiger charge is 2.22. The first-order valence-corrected chi connectivity index (χ1v) is 8.07. The number of benzene rings is 1. The summed E-state index contributed by atoms with van der Waals surface area (Å²) in [6, 6.07) is 7.20. The molecule has 3 nitrogen and oxygen atoms in total. The molecule has 20 heavy (non-hydrogen) atoms. The highest BCUT2D eigenvalue weighted by molar-refractivity contribution is 5.61. The van der Waals surface area contributed by atoms with Gasteiger partial charge >= 0.3 is 0 Å². The van der Waals surface area contributed by atoms with Crippen LogP contribution in [0.5, 0.6) is 0 Å². The van der Waals surface area contributed by atoms with E-state index in [-0.39, 0.29) is 0 Å². The molecule has 1 saturated heterocycles. The lowest BCUT2D eigenvalue weighted by Gasteiger charge is -2.36. The lowest BCUT2D eigenvalue weighted by Crippen LogP contribution is -2.40. The molecule has 0 aliphatic carbocycles. The van der Waals surface area contributed by atoms with Crippen LogP contribution in [0.3, 0.4) is 0 Å². The molecular weight excluding hydrogens is 246 g/mol. The molecule has 1 fully saturated rings. The number of hydrogen-bond donors (Lipinski definition) is 1. The molecule has 2 heterocycles. The Morgan fingerprint density at radius 1 is 1.20 bits per heavy atom. The zero-order valence-corrected chi connectivity index (χ0v) is 12.6. The zero-order chi connectivity index (χ0) is 13.9. The maximum absolute atomic E-state index is 5.91. The van der Waals surface area contributed by atoms with E-state index in [9.17, 15) is 0 Å². The number of piperidine rings is 1.